The number of aromatic amines is 1. The number of hydrogen-bond acceptors (Lipinski definition) is 5. The molecule has 2 N–H and O–H groups in total. The molecule has 0 aliphatic heterocycles. The predicted octanol–water partition coefficient (Wildman–Crippen LogP) is 3.19. The number of nitrogens with zero attached hydrogens (tertiary/aromatic N) is 1. The number of aromatic nitrogens is 2. The maximum absolute atomic E-state index is 13.1. The second-order valence-corrected chi connectivity index (χ2v) is 7.11. The molecule has 1 amide bonds. The Morgan fingerprint density at radius 3 is 3.04 bits per heavy atom. The monoisotopic (exact) mass is 383 g/mol. The van der Waals surface area contributed by atoms with Crippen LogP contribution in [0.3, 0.4) is 0 Å². The van der Waals surface area contributed by atoms with Crippen LogP contribution in [0.25, 0.3) is 10.2 Å². The summed E-state index contributed by atoms with van der Waals surface area (Å²) < 4.78 is 13.6. The second kappa shape index (κ2) is 7.33. The number of rotatable bonds is 5. The minimum atomic E-state index is -0.499. The maximum Gasteiger partial charge on any atom is 0.269 e. The Hall–Kier alpha value is -1.90. The van der Waals surface area contributed by atoms with Crippen molar-refractivity contribution >= 4 is 50.8 Å². The predicted molar refractivity (Wildman–Crippen MR) is 94.2 cm³/mol. The topological polar surface area (TPSA) is 74.8 Å². The van der Waals surface area contributed by atoms with E-state index in [1.165, 1.54) is 23.5 Å². The molecule has 9 heteroatoms. The van der Waals surface area contributed by atoms with Gasteiger partial charge in [-0.25, -0.2) is 9.37 Å². The normalized spacial score (nSPS) is 10.9. The zero-order valence-electron chi connectivity index (χ0n) is 12.1. The van der Waals surface area contributed by atoms with Gasteiger partial charge in [-0.15, -0.1) is 11.3 Å². The van der Waals surface area contributed by atoms with Crippen molar-refractivity contribution in [3.05, 3.63) is 56.4 Å². The highest BCUT2D eigenvalue weighted by Gasteiger charge is 2.09. The molecule has 0 saturated carbocycles. The smallest absolute Gasteiger partial charge is 0.269 e. The zero-order chi connectivity index (χ0) is 17.1. The number of carbonyl (C=O) groups excluding carboxylic acids is 1. The number of fused-ring (bicyclic) bond motifs is 1. The Kier molecular flexibility index (Phi) is 5.17. The number of thioether (sulfide) groups is 1. The Balaban J connectivity index is 1.56. The molecule has 1 aromatic carbocycles. The number of thiophene rings is 1. The summed E-state index contributed by atoms with van der Waals surface area (Å²) in [5, 5.41) is 4.91. The van der Waals surface area contributed by atoms with Crippen LogP contribution in [0.2, 0.25) is 5.02 Å². The van der Waals surface area contributed by atoms with Crippen LogP contribution in [0.5, 0.6) is 0 Å². The van der Waals surface area contributed by atoms with E-state index in [4.69, 9.17) is 11.6 Å². The number of hydrogen-bond donors (Lipinski definition) is 2. The molecule has 2 heterocycles. The molecule has 0 aliphatic carbocycles. The summed E-state index contributed by atoms with van der Waals surface area (Å²) in [4.78, 5) is 30.6. The Morgan fingerprint density at radius 1 is 1.42 bits per heavy atom. The molecule has 0 saturated heterocycles. The van der Waals surface area contributed by atoms with Gasteiger partial charge in [0.15, 0.2) is 5.16 Å². The van der Waals surface area contributed by atoms with E-state index < -0.39 is 5.82 Å². The van der Waals surface area contributed by atoms with E-state index in [2.05, 4.69) is 15.3 Å². The third kappa shape index (κ3) is 3.95. The standard InChI is InChI=1S/C15H11ClFN3O2S2/c16-9-5-8(1-2-10(9)17)6-18-12(21)7-24-15-19-11-3-4-23-13(11)14(22)20-15/h1-5H,6-7H2,(H,18,21)(H,19,20,22). The SMILES string of the molecule is O=C(CSc1nc2ccsc2c(=O)[nH]1)NCc1ccc(F)c(Cl)c1. The van der Waals surface area contributed by atoms with E-state index in [-0.39, 0.29) is 28.8 Å². The van der Waals surface area contributed by atoms with Crippen LogP contribution in [0, 0.1) is 5.82 Å². The fourth-order valence-electron chi connectivity index (χ4n) is 1.96. The Morgan fingerprint density at radius 2 is 2.25 bits per heavy atom. The van der Waals surface area contributed by atoms with Crippen molar-refractivity contribution in [3.63, 3.8) is 0 Å². The quantitative estimate of drug-likeness (QED) is 0.524. The van der Waals surface area contributed by atoms with Gasteiger partial charge in [-0.05, 0) is 29.1 Å². The molecule has 3 aromatic rings. The van der Waals surface area contributed by atoms with Gasteiger partial charge < -0.3 is 10.3 Å². The molecule has 0 bridgehead atoms. The van der Waals surface area contributed by atoms with Crippen LogP contribution in [-0.2, 0) is 11.3 Å². The molecular weight excluding hydrogens is 373 g/mol. The summed E-state index contributed by atoms with van der Waals surface area (Å²) in [7, 11) is 0. The van der Waals surface area contributed by atoms with Crippen molar-refractivity contribution in [2.24, 2.45) is 0 Å². The highest BCUT2D eigenvalue weighted by atomic mass is 35.5. The zero-order valence-corrected chi connectivity index (χ0v) is 14.5. The summed E-state index contributed by atoms with van der Waals surface area (Å²) in [5.41, 5.74) is 1.11. The third-order valence-corrected chi connectivity index (χ3v) is 5.17. The van der Waals surface area contributed by atoms with Gasteiger partial charge in [0.05, 0.1) is 16.3 Å². The molecule has 124 valence electrons. The van der Waals surface area contributed by atoms with Crippen molar-refractivity contribution in [2.45, 2.75) is 11.7 Å². The number of carbonyl (C=O) groups is 1. The van der Waals surface area contributed by atoms with Gasteiger partial charge >= 0.3 is 0 Å². The number of halogens is 2. The fraction of sp³-hybridized carbons (Fsp3) is 0.133. The van der Waals surface area contributed by atoms with Crippen LogP contribution in [0.15, 0.2) is 39.6 Å². The first-order valence-corrected chi connectivity index (χ1v) is 9.08. The van der Waals surface area contributed by atoms with Crippen molar-refractivity contribution in [3.8, 4) is 0 Å². The molecule has 0 unspecified atom stereocenters. The first-order chi connectivity index (χ1) is 11.5. The molecule has 0 spiro atoms. The van der Waals surface area contributed by atoms with Gasteiger partial charge in [0, 0.05) is 6.54 Å². The minimum absolute atomic E-state index is 0.0157. The number of nitrogens with one attached hydrogen (secondary N) is 2. The summed E-state index contributed by atoms with van der Waals surface area (Å²) >= 11 is 8.15. The molecular formula is C15H11ClFN3O2S2. The van der Waals surface area contributed by atoms with E-state index in [1.807, 2.05) is 0 Å². The molecule has 5 nitrogen and oxygen atoms in total. The van der Waals surface area contributed by atoms with Crippen molar-refractivity contribution < 1.29 is 9.18 Å². The van der Waals surface area contributed by atoms with Crippen molar-refractivity contribution in [1.82, 2.24) is 15.3 Å². The molecule has 0 aliphatic rings. The third-order valence-electron chi connectivity index (χ3n) is 3.11. The largest absolute Gasteiger partial charge is 0.351 e. The minimum Gasteiger partial charge on any atom is -0.351 e. The first-order valence-electron chi connectivity index (χ1n) is 6.84. The van der Waals surface area contributed by atoms with Gasteiger partial charge in [-0.3, -0.25) is 9.59 Å². The molecule has 24 heavy (non-hydrogen) atoms. The van der Waals surface area contributed by atoms with Crippen LogP contribution in [0.1, 0.15) is 5.56 Å². The highest BCUT2D eigenvalue weighted by molar-refractivity contribution is 7.99. The van der Waals surface area contributed by atoms with Gasteiger partial charge in [0.25, 0.3) is 5.56 Å². The molecule has 0 atom stereocenters. The number of benzene rings is 1. The fourth-order valence-corrected chi connectivity index (χ4v) is 3.58. The Labute approximate surface area is 149 Å². The molecule has 3 rings (SSSR count). The average molecular weight is 384 g/mol. The lowest BCUT2D eigenvalue weighted by molar-refractivity contribution is -0.118. The van der Waals surface area contributed by atoms with Gasteiger partial charge in [0.2, 0.25) is 5.91 Å². The van der Waals surface area contributed by atoms with Gasteiger partial charge in [-0.1, -0.05) is 29.4 Å². The van der Waals surface area contributed by atoms with Crippen LogP contribution >= 0.6 is 34.7 Å². The Bertz CT molecular complexity index is 957. The van der Waals surface area contributed by atoms with Crippen LogP contribution in [0.4, 0.5) is 4.39 Å². The molecule has 2 aromatic heterocycles. The second-order valence-electron chi connectivity index (χ2n) is 4.82. The molecule has 0 radical (unpaired) electrons. The summed E-state index contributed by atoms with van der Waals surface area (Å²) in [5.74, 6) is -0.622. The number of H-pyrrole nitrogens is 1. The van der Waals surface area contributed by atoms with E-state index in [9.17, 15) is 14.0 Å². The van der Waals surface area contributed by atoms with Gasteiger partial charge in [0.1, 0.15) is 10.5 Å². The maximum atomic E-state index is 13.1. The van der Waals surface area contributed by atoms with Gasteiger partial charge in [-0.2, -0.15) is 0 Å². The van der Waals surface area contributed by atoms with E-state index in [1.54, 1.807) is 17.5 Å². The summed E-state index contributed by atoms with van der Waals surface area (Å²) in [6.45, 7) is 0.243. The number of amides is 1. The van der Waals surface area contributed by atoms with E-state index >= 15 is 0 Å². The average Bonchev–Trinajstić information content (AvgIpc) is 3.03. The van der Waals surface area contributed by atoms with Crippen molar-refractivity contribution in [1.29, 1.82) is 0 Å². The summed E-state index contributed by atoms with van der Waals surface area (Å²) in [6.07, 6.45) is 0. The van der Waals surface area contributed by atoms with Crippen LogP contribution < -0.4 is 10.9 Å². The van der Waals surface area contributed by atoms with E-state index in [0.717, 1.165) is 11.8 Å². The first kappa shape index (κ1) is 16.9. The lowest BCUT2D eigenvalue weighted by atomic mass is 10.2. The van der Waals surface area contributed by atoms with E-state index in [0.29, 0.717) is 20.9 Å². The highest BCUT2D eigenvalue weighted by Crippen LogP contribution is 2.18. The lowest BCUT2D eigenvalue weighted by Gasteiger charge is -2.06. The summed E-state index contributed by atoms with van der Waals surface area (Å²) in [6, 6.07) is 6.03. The van der Waals surface area contributed by atoms with Crippen molar-refractivity contribution in [2.75, 3.05) is 5.75 Å². The van der Waals surface area contributed by atoms with Crippen LogP contribution in [-0.4, -0.2) is 21.6 Å². The lowest BCUT2D eigenvalue weighted by Crippen LogP contribution is -2.24. The molecule has 0 fully saturated rings.